The molecule has 0 aliphatic carbocycles. The van der Waals surface area contributed by atoms with E-state index in [1.54, 1.807) is 26.0 Å². The van der Waals surface area contributed by atoms with Gasteiger partial charge in [0.25, 0.3) is 5.91 Å². The second-order valence-corrected chi connectivity index (χ2v) is 7.25. The number of rotatable bonds is 6. The standard InChI is InChI=1S/C14H21N3O3S.ClH/c1-10(2)17-21(19,20)13-5-3-4-12(6-13)14(18)16-9-11-7-15-8-11;/h3-6,10-11,15,17H,7-9H2,1-2H3,(H,16,18);1H. The Hall–Kier alpha value is -1.15. The number of hydrogen-bond donors (Lipinski definition) is 3. The molecule has 1 aliphatic heterocycles. The second-order valence-electron chi connectivity index (χ2n) is 5.54. The Kier molecular flexibility index (Phi) is 6.80. The van der Waals surface area contributed by atoms with E-state index in [2.05, 4.69) is 15.4 Å². The van der Waals surface area contributed by atoms with Gasteiger partial charge in [-0.15, -0.1) is 12.4 Å². The van der Waals surface area contributed by atoms with Crippen LogP contribution in [0.2, 0.25) is 0 Å². The maximum Gasteiger partial charge on any atom is 0.251 e. The number of carbonyl (C=O) groups is 1. The Balaban J connectivity index is 0.00000242. The van der Waals surface area contributed by atoms with Gasteiger partial charge < -0.3 is 10.6 Å². The molecule has 1 fully saturated rings. The first-order valence-corrected chi connectivity index (χ1v) is 8.48. The van der Waals surface area contributed by atoms with E-state index in [-0.39, 0.29) is 29.3 Å². The van der Waals surface area contributed by atoms with Gasteiger partial charge in [-0.25, -0.2) is 13.1 Å². The summed E-state index contributed by atoms with van der Waals surface area (Å²) >= 11 is 0. The van der Waals surface area contributed by atoms with E-state index in [0.29, 0.717) is 18.0 Å². The van der Waals surface area contributed by atoms with Gasteiger partial charge in [0.1, 0.15) is 0 Å². The average molecular weight is 348 g/mol. The molecule has 6 nitrogen and oxygen atoms in total. The van der Waals surface area contributed by atoms with Crippen molar-refractivity contribution in [2.45, 2.75) is 24.8 Å². The molecule has 0 bridgehead atoms. The fraction of sp³-hybridized carbons (Fsp3) is 0.500. The lowest BCUT2D eigenvalue weighted by atomic mass is 10.0. The summed E-state index contributed by atoms with van der Waals surface area (Å²) in [6.45, 7) is 5.93. The lowest BCUT2D eigenvalue weighted by molar-refractivity contribution is 0.0942. The molecule has 1 heterocycles. The molecule has 0 atom stereocenters. The Morgan fingerprint density at radius 3 is 2.59 bits per heavy atom. The molecule has 1 aromatic carbocycles. The fourth-order valence-electron chi connectivity index (χ4n) is 2.01. The van der Waals surface area contributed by atoms with Crippen molar-refractivity contribution in [2.75, 3.05) is 19.6 Å². The van der Waals surface area contributed by atoms with Gasteiger partial charge in [0, 0.05) is 37.2 Å². The summed E-state index contributed by atoms with van der Waals surface area (Å²) in [7, 11) is -3.58. The Bertz CT molecular complexity index is 616. The molecule has 22 heavy (non-hydrogen) atoms. The molecule has 2 rings (SSSR count). The van der Waals surface area contributed by atoms with Gasteiger partial charge in [-0.1, -0.05) is 6.07 Å². The van der Waals surface area contributed by atoms with E-state index in [9.17, 15) is 13.2 Å². The first kappa shape index (κ1) is 18.9. The summed E-state index contributed by atoms with van der Waals surface area (Å²) in [5, 5.41) is 5.96. The van der Waals surface area contributed by atoms with Gasteiger partial charge in [-0.3, -0.25) is 4.79 Å². The van der Waals surface area contributed by atoms with Gasteiger partial charge in [0.15, 0.2) is 0 Å². The van der Waals surface area contributed by atoms with Crippen LogP contribution in [0.3, 0.4) is 0 Å². The van der Waals surface area contributed by atoms with E-state index in [4.69, 9.17) is 0 Å². The van der Waals surface area contributed by atoms with Crippen LogP contribution in [0.5, 0.6) is 0 Å². The van der Waals surface area contributed by atoms with Crippen molar-refractivity contribution in [3.05, 3.63) is 29.8 Å². The van der Waals surface area contributed by atoms with E-state index in [1.165, 1.54) is 12.1 Å². The monoisotopic (exact) mass is 347 g/mol. The lowest BCUT2D eigenvalue weighted by Gasteiger charge is -2.27. The first-order chi connectivity index (χ1) is 9.88. The second kappa shape index (κ2) is 7.92. The normalized spacial score (nSPS) is 15.0. The topological polar surface area (TPSA) is 87.3 Å². The molecule has 3 N–H and O–H groups in total. The van der Waals surface area contributed by atoms with Crippen molar-refractivity contribution in [3.63, 3.8) is 0 Å². The van der Waals surface area contributed by atoms with Crippen molar-refractivity contribution >= 4 is 28.3 Å². The molecule has 1 aromatic rings. The molecule has 0 unspecified atom stereocenters. The van der Waals surface area contributed by atoms with Crippen LogP contribution in [0.25, 0.3) is 0 Å². The Morgan fingerprint density at radius 2 is 2.05 bits per heavy atom. The molecular formula is C14H22ClN3O3S. The van der Waals surface area contributed by atoms with Gasteiger partial charge in [-0.2, -0.15) is 0 Å². The third kappa shape index (κ3) is 4.95. The highest BCUT2D eigenvalue weighted by Crippen LogP contribution is 2.12. The highest BCUT2D eigenvalue weighted by atomic mass is 35.5. The quantitative estimate of drug-likeness (QED) is 0.708. The summed E-state index contributed by atoms with van der Waals surface area (Å²) in [6.07, 6.45) is 0. The van der Waals surface area contributed by atoms with Crippen LogP contribution in [0.1, 0.15) is 24.2 Å². The number of hydrogen-bond acceptors (Lipinski definition) is 4. The summed E-state index contributed by atoms with van der Waals surface area (Å²) in [6, 6.07) is 5.88. The van der Waals surface area contributed by atoms with Gasteiger partial charge in [0.05, 0.1) is 4.90 Å². The molecule has 0 spiro atoms. The van der Waals surface area contributed by atoms with Crippen LogP contribution < -0.4 is 15.4 Å². The van der Waals surface area contributed by atoms with Crippen LogP contribution in [0.15, 0.2) is 29.2 Å². The minimum Gasteiger partial charge on any atom is -0.352 e. The minimum atomic E-state index is -3.58. The van der Waals surface area contributed by atoms with Crippen molar-refractivity contribution in [1.82, 2.24) is 15.4 Å². The smallest absolute Gasteiger partial charge is 0.251 e. The zero-order valence-electron chi connectivity index (χ0n) is 12.6. The van der Waals surface area contributed by atoms with Crippen LogP contribution in [0.4, 0.5) is 0 Å². The Morgan fingerprint density at radius 1 is 1.36 bits per heavy atom. The molecule has 1 amide bonds. The third-order valence-electron chi connectivity index (χ3n) is 3.21. The largest absolute Gasteiger partial charge is 0.352 e. The number of carbonyl (C=O) groups excluding carboxylic acids is 1. The highest BCUT2D eigenvalue weighted by molar-refractivity contribution is 7.89. The lowest BCUT2D eigenvalue weighted by Crippen LogP contribution is -2.48. The van der Waals surface area contributed by atoms with E-state index < -0.39 is 10.0 Å². The summed E-state index contributed by atoms with van der Waals surface area (Å²) in [5.74, 6) is 0.215. The van der Waals surface area contributed by atoms with Gasteiger partial charge in [0.2, 0.25) is 10.0 Å². The summed E-state index contributed by atoms with van der Waals surface area (Å²) in [5.41, 5.74) is 0.355. The van der Waals surface area contributed by atoms with Crippen molar-refractivity contribution < 1.29 is 13.2 Å². The number of nitrogens with one attached hydrogen (secondary N) is 3. The maximum absolute atomic E-state index is 12.1. The van der Waals surface area contributed by atoms with Crippen LogP contribution in [-0.2, 0) is 10.0 Å². The predicted molar refractivity (Wildman–Crippen MR) is 87.8 cm³/mol. The van der Waals surface area contributed by atoms with Crippen molar-refractivity contribution in [1.29, 1.82) is 0 Å². The van der Waals surface area contributed by atoms with Crippen molar-refractivity contribution in [3.8, 4) is 0 Å². The summed E-state index contributed by atoms with van der Waals surface area (Å²) in [4.78, 5) is 12.1. The van der Waals surface area contributed by atoms with Crippen LogP contribution >= 0.6 is 12.4 Å². The van der Waals surface area contributed by atoms with Crippen LogP contribution in [0, 0.1) is 5.92 Å². The molecular weight excluding hydrogens is 326 g/mol. The Labute approximate surface area is 137 Å². The number of amides is 1. The average Bonchev–Trinajstić information content (AvgIpc) is 2.35. The molecule has 0 aromatic heterocycles. The molecule has 0 radical (unpaired) electrons. The fourth-order valence-corrected chi connectivity index (χ4v) is 3.31. The van der Waals surface area contributed by atoms with E-state index >= 15 is 0 Å². The van der Waals surface area contributed by atoms with Crippen molar-refractivity contribution in [2.24, 2.45) is 5.92 Å². The first-order valence-electron chi connectivity index (χ1n) is 7.00. The molecule has 124 valence electrons. The number of halogens is 1. The zero-order valence-corrected chi connectivity index (χ0v) is 14.3. The minimum absolute atomic E-state index is 0. The number of sulfonamides is 1. The van der Waals surface area contributed by atoms with Crippen LogP contribution in [-0.4, -0.2) is 40.0 Å². The molecule has 1 saturated heterocycles. The zero-order chi connectivity index (χ0) is 15.5. The summed E-state index contributed by atoms with van der Waals surface area (Å²) < 4.78 is 26.7. The van der Waals surface area contributed by atoms with E-state index in [0.717, 1.165) is 13.1 Å². The maximum atomic E-state index is 12.1. The number of benzene rings is 1. The molecule has 8 heteroatoms. The SMILES string of the molecule is CC(C)NS(=O)(=O)c1cccc(C(=O)NCC2CNC2)c1.Cl. The van der Waals surface area contributed by atoms with Gasteiger partial charge >= 0.3 is 0 Å². The predicted octanol–water partition coefficient (Wildman–Crippen LogP) is 0.744. The van der Waals surface area contributed by atoms with E-state index in [1.807, 2.05) is 0 Å². The molecule has 0 saturated carbocycles. The van der Waals surface area contributed by atoms with Gasteiger partial charge in [-0.05, 0) is 32.0 Å². The third-order valence-corrected chi connectivity index (χ3v) is 4.87. The highest BCUT2D eigenvalue weighted by Gasteiger charge is 2.19. The molecule has 1 aliphatic rings.